The van der Waals surface area contributed by atoms with E-state index in [-0.39, 0.29) is 15.9 Å². The fourth-order valence-corrected chi connectivity index (χ4v) is 5.07. The number of para-hydroxylation sites is 1. The Kier molecular flexibility index (Phi) is 5.96. The van der Waals surface area contributed by atoms with Crippen LogP contribution >= 0.6 is 11.5 Å². The lowest BCUT2D eigenvalue weighted by Gasteiger charge is -2.31. The molecular formula is C20H21N5O3S2. The Bertz CT molecular complexity index is 1120. The predicted molar refractivity (Wildman–Crippen MR) is 117 cm³/mol. The second-order valence-electron chi connectivity index (χ2n) is 6.89. The Hall–Kier alpha value is -2.98. The number of aromatic nitrogens is 2. The van der Waals surface area contributed by atoms with Gasteiger partial charge in [-0.05, 0) is 48.7 Å². The zero-order valence-electron chi connectivity index (χ0n) is 16.1. The molecule has 2 aromatic carbocycles. The van der Waals surface area contributed by atoms with Crippen molar-refractivity contribution in [1.29, 1.82) is 0 Å². The van der Waals surface area contributed by atoms with Crippen LogP contribution in [0.5, 0.6) is 0 Å². The molecule has 30 heavy (non-hydrogen) atoms. The third kappa shape index (κ3) is 4.77. The summed E-state index contributed by atoms with van der Waals surface area (Å²) in [7, 11) is -3.74. The predicted octanol–water partition coefficient (Wildman–Crippen LogP) is 3.12. The van der Waals surface area contributed by atoms with E-state index in [9.17, 15) is 13.2 Å². The van der Waals surface area contributed by atoms with Gasteiger partial charge in [0.25, 0.3) is 10.0 Å². The van der Waals surface area contributed by atoms with Crippen LogP contribution in [0.1, 0.15) is 18.4 Å². The zero-order valence-corrected chi connectivity index (χ0v) is 17.7. The first-order valence-corrected chi connectivity index (χ1v) is 11.8. The summed E-state index contributed by atoms with van der Waals surface area (Å²) in [5.74, 6) is -0.111. The van der Waals surface area contributed by atoms with Crippen molar-refractivity contribution in [3.63, 3.8) is 0 Å². The summed E-state index contributed by atoms with van der Waals surface area (Å²) >= 11 is 0.957. The second kappa shape index (κ2) is 8.80. The molecule has 0 unspecified atom stereocenters. The minimum Gasteiger partial charge on any atom is -0.371 e. The number of carbonyl (C=O) groups is 1. The summed E-state index contributed by atoms with van der Waals surface area (Å²) in [6.07, 6.45) is 3.79. The highest BCUT2D eigenvalue weighted by molar-refractivity contribution is 7.93. The number of hydrogen-bond acceptors (Lipinski definition) is 7. The molecule has 0 saturated heterocycles. The van der Waals surface area contributed by atoms with Crippen molar-refractivity contribution in [3.05, 3.63) is 60.4 Å². The number of aryl methyl sites for hydroxylation is 1. The number of hydrogen-bond donors (Lipinski definition) is 2. The van der Waals surface area contributed by atoms with E-state index in [2.05, 4.69) is 36.4 Å². The number of benzene rings is 2. The van der Waals surface area contributed by atoms with Gasteiger partial charge in [0.1, 0.15) is 6.33 Å². The van der Waals surface area contributed by atoms with Gasteiger partial charge in [-0.15, -0.1) is 0 Å². The third-order valence-corrected chi connectivity index (χ3v) is 6.91. The zero-order chi connectivity index (χ0) is 21.0. The average Bonchev–Trinajstić information content (AvgIpc) is 3.25. The number of rotatable bonds is 7. The first-order chi connectivity index (χ1) is 14.5. The molecule has 0 aliphatic carbocycles. The largest absolute Gasteiger partial charge is 0.371 e. The van der Waals surface area contributed by atoms with E-state index in [0.717, 1.165) is 30.9 Å². The molecule has 1 aliphatic rings. The smallest absolute Gasteiger partial charge is 0.263 e. The van der Waals surface area contributed by atoms with Gasteiger partial charge in [-0.2, -0.15) is 4.37 Å². The maximum absolute atomic E-state index is 12.4. The molecule has 0 bridgehead atoms. The summed E-state index contributed by atoms with van der Waals surface area (Å²) in [5.41, 5.74) is 3.08. The lowest BCUT2D eigenvalue weighted by molar-refractivity contribution is -0.116. The van der Waals surface area contributed by atoms with E-state index in [1.54, 1.807) is 12.1 Å². The Labute approximate surface area is 179 Å². The van der Waals surface area contributed by atoms with Crippen LogP contribution in [0, 0.1) is 0 Å². The Morgan fingerprint density at radius 1 is 1.13 bits per heavy atom. The monoisotopic (exact) mass is 443 g/mol. The Morgan fingerprint density at radius 3 is 2.70 bits per heavy atom. The van der Waals surface area contributed by atoms with Gasteiger partial charge in [-0.1, -0.05) is 18.2 Å². The maximum Gasteiger partial charge on any atom is 0.263 e. The van der Waals surface area contributed by atoms with Crippen LogP contribution < -0.4 is 14.9 Å². The van der Waals surface area contributed by atoms with Crippen LogP contribution in [0.25, 0.3) is 0 Å². The standard InChI is InChI=1S/C20H21N5O3S2/c26-19(11-13-25-12-3-5-15-4-1-2-6-18(15)25)23-16-7-9-17(10-8-16)30(27,28)24-20-21-14-22-29-20/h1-2,4,6-10,14H,3,5,11-13H2,(H,23,26)(H,21,22,24). The average molecular weight is 444 g/mol. The van der Waals surface area contributed by atoms with Crippen LogP contribution in [-0.4, -0.2) is 36.8 Å². The van der Waals surface area contributed by atoms with Gasteiger partial charge in [0.15, 0.2) is 0 Å². The normalized spacial score (nSPS) is 13.5. The van der Waals surface area contributed by atoms with E-state index in [1.165, 1.54) is 29.7 Å². The SMILES string of the molecule is O=C(CCN1CCCc2ccccc21)Nc1ccc(S(=O)(=O)Nc2ncns2)cc1. The lowest BCUT2D eigenvalue weighted by Crippen LogP contribution is -2.32. The molecule has 1 aliphatic heterocycles. The molecule has 0 atom stereocenters. The van der Waals surface area contributed by atoms with E-state index < -0.39 is 10.0 Å². The maximum atomic E-state index is 12.4. The summed E-state index contributed by atoms with van der Waals surface area (Å²) in [6.45, 7) is 1.58. The topological polar surface area (TPSA) is 104 Å². The molecule has 0 radical (unpaired) electrons. The molecule has 4 rings (SSSR count). The highest BCUT2D eigenvalue weighted by Crippen LogP contribution is 2.26. The van der Waals surface area contributed by atoms with Crippen molar-refractivity contribution in [2.24, 2.45) is 0 Å². The number of fused-ring (bicyclic) bond motifs is 1. The van der Waals surface area contributed by atoms with Gasteiger partial charge in [-0.3, -0.25) is 9.52 Å². The fraction of sp³-hybridized carbons (Fsp3) is 0.250. The third-order valence-electron chi connectivity index (χ3n) is 4.85. The molecule has 0 spiro atoms. The van der Waals surface area contributed by atoms with Crippen molar-refractivity contribution >= 4 is 44.0 Å². The van der Waals surface area contributed by atoms with E-state index in [1.807, 2.05) is 12.1 Å². The molecule has 3 aromatic rings. The number of amides is 1. The van der Waals surface area contributed by atoms with Crippen LogP contribution in [0.4, 0.5) is 16.5 Å². The Morgan fingerprint density at radius 2 is 1.93 bits per heavy atom. The number of sulfonamides is 1. The Balaban J connectivity index is 1.33. The van der Waals surface area contributed by atoms with Crippen LogP contribution in [0.3, 0.4) is 0 Å². The molecule has 1 aromatic heterocycles. The molecule has 10 heteroatoms. The number of anilines is 3. The van der Waals surface area contributed by atoms with Crippen molar-refractivity contribution in [2.75, 3.05) is 28.0 Å². The summed E-state index contributed by atoms with van der Waals surface area (Å²) < 4.78 is 30.8. The fourth-order valence-electron chi connectivity index (χ4n) is 3.41. The molecule has 0 saturated carbocycles. The molecule has 2 N–H and O–H groups in total. The van der Waals surface area contributed by atoms with Crippen LogP contribution in [0.2, 0.25) is 0 Å². The number of nitrogens with zero attached hydrogens (tertiary/aromatic N) is 3. The van der Waals surface area contributed by atoms with Crippen molar-refractivity contribution in [1.82, 2.24) is 9.36 Å². The molecule has 0 fully saturated rings. The number of nitrogens with one attached hydrogen (secondary N) is 2. The summed E-state index contributed by atoms with van der Waals surface area (Å²) in [5, 5.41) is 3.03. The minimum atomic E-state index is -3.74. The van der Waals surface area contributed by atoms with Crippen molar-refractivity contribution < 1.29 is 13.2 Å². The molecule has 2 heterocycles. The quantitative estimate of drug-likeness (QED) is 0.581. The van der Waals surface area contributed by atoms with E-state index >= 15 is 0 Å². The van der Waals surface area contributed by atoms with Gasteiger partial charge in [0, 0.05) is 42.4 Å². The lowest BCUT2D eigenvalue weighted by atomic mass is 10.0. The van der Waals surface area contributed by atoms with Crippen molar-refractivity contribution in [2.45, 2.75) is 24.2 Å². The molecular weight excluding hydrogens is 422 g/mol. The van der Waals surface area contributed by atoms with E-state index in [0.29, 0.717) is 18.7 Å². The molecule has 8 nitrogen and oxygen atoms in total. The van der Waals surface area contributed by atoms with Gasteiger partial charge in [0.2, 0.25) is 11.0 Å². The minimum absolute atomic E-state index is 0.0839. The van der Waals surface area contributed by atoms with Gasteiger partial charge in [-0.25, -0.2) is 13.4 Å². The summed E-state index contributed by atoms with van der Waals surface area (Å²) in [4.78, 5) is 18.5. The molecule has 156 valence electrons. The van der Waals surface area contributed by atoms with Crippen LogP contribution in [-0.2, 0) is 21.2 Å². The molecule has 1 amide bonds. The summed E-state index contributed by atoms with van der Waals surface area (Å²) in [6, 6.07) is 14.3. The highest BCUT2D eigenvalue weighted by Gasteiger charge is 2.18. The van der Waals surface area contributed by atoms with Gasteiger partial charge in [0.05, 0.1) is 4.90 Å². The first kappa shape index (κ1) is 20.3. The second-order valence-corrected chi connectivity index (χ2v) is 9.36. The van der Waals surface area contributed by atoms with Crippen molar-refractivity contribution in [3.8, 4) is 0 Å². The first-order valence-electron chi connectivity index (χ1n) is 9.53. The van der Waals surface area contributed by atoms with Gasteiger partial charge < -0.3 is 10.2 Å². The van der Waals surface area contributed by atoms with E-state index in [4.69, 9.17) is 0 Å². The van der Waals surface area contributed by atoms with Crippen LogP contribution in [0.15, 0.2) is 59.8 Å². The highest BCUT2D eigenvalue weighted by atomic mass is 32.2. The van der Waals surface area contributed by atoms with Gasteiger partial charge >= 0.3 is 0 Å². The number of carbonyl (C=O) groups excluding carboxylic acids is 1.